The Kier molecular flexibility index (Phi) is 10.9. The lowest BCUT2D eigenvalue weighted by Crippen LogP contribution is -2.18. The van der Waals surface area contributed by atoms with E-state index in [0.717, 1.165) is 32.7 Å². The fraction of sp³-hybridized carbons (Fsp3) is 1.00. The second-order valence-corrected chi connectivity index (χ2v) is 4.05. The van der Waals surface area contributed by atoms with Crippen molar-refractivity contribution < 1.29 is 4.74 Å². The Morgan fingerprint density at radius 1 is 1.14 bits per heavy atom. The highest BCUT2D eigenvalue weighted by molar-refractivity contribution is 4.49. The van der Waals surface area contributed by atoms with Crippen molar-refractivity contribution in [3.8, 4) is 0 Å². The number of hydrogen-bond donors (Lipinski definition) is 1. The minimum atomic E-state index is 0.711. The van der Waals surface area contributed by atoms with E-state index in [9.17, 15) is 0 Å². The van der Waals surface area contributed by atoms with E-state index in [-0.39, 0.29) is 0 Å². The fourth-order valence-electron chi connectivity index (χ4n) is 1.13. The van der Waals surface area contributed by atoms with Gasteiger partial charge in [-0.1, -0.05) is 33.6 Å². The standard InChI is InChI=1S/C12H27NO/c1-4-6-8-13-9-7-10-14-11-12(3)5-2/h12-13H,4-11H2,1-3H3. The van der Waals surface area contributed by atoms with Gasteiger partial charge in [0.05, 0.1) is 0 Å². The zero-order chi connectivity index (χ0) is 10.6. The van der Waals surface area contributed by atoms with Crippen LogP contribution >= 0.6 is 0 Å². The van der Waals surface area contributed by atoms with Crippen molar-refractivity contribution in [2.24, 2.45) is 5.92 Å². The molecule has 2 nitrogen and oxygen atoms in total. The molecule has 0 aliphatic rings. The van der Waals surface area contributed by atoms with Gasteiger partial charge >= 0.3 is 0 Å². The maximum atomic E-state index is 5.55. The van der Waals surface area contributed by atoms with Gasteiger partial charge in [-0.05, 0) is 31.8 Å². The van der Waals surface area contributed by atoms with E-state index in [0.29, 0.717) is 5.92 Å². The molecule has 0 aromatic rings. The zero-order valence-corrected chi connectivity index (χ0v) is 10.1. The molecule has 0 aromatic heterocycles. The van der Waals surface area contributed by atoms with Gasteiger partial charge < -0.3 is 10.1 Å². The molecule has 86 valence electrons. The Labute approximate surface area is 89.4 Å². The molecule has 0 rings (SSSR count). The summed E-state index contributed by atoms with van der Waals surface area (Å²) in [6.07, 6.45) is 4.92. The van der Waals surface area contributed by atoms with Gasteiger partial charge in [-0.3, -0.25) is 0 Å². The van der Waals surface area contributed by atoms with Gasteiger partial charge in [0.1, 0.15) is 0 Å². The topological polar surface area (TPSA) is 21.3 Å². The quantitative estimate of drug-likeness (QED) is 0.549. The first-order valence-corrected chi connectivity index (χ1v) is 6.09. The molecule has 0 radical (unpaired) electrons. The Morgan fingerprint density at radius 3 is 2.50 bits per heavy atom. The Balaban J connectivity index is 2.92. The molecule has 0 saturated heterocycles. The van der Waals surface area contributed by atoms with E-state index in [1.165, 1.54) is 19.3 Å². The Morgan fingerprint density at radius 2 is 1.86 bits per heavy atom. The average Bonchev–Trinajstić information content (AvgIpc) is 2.21. The summed E-state index contributed by atoms with van der Waals surface area (Å²) >= 11 is 0. The summed E-state index contributed by atoms with van der Waals surface area (Å²) in [7, 11) is 0. The van der Waals surface area contributed by atoms with E-state index in [1.54, 1.807) is 0 Å². The SMILES string of the molecule is CCCCNCCCOCC(C)CC. The minimum absolute atomic E-state index is 0.711. The summed E-state index contributed by atoms with van der Waals surface area (Å²) in [6, 6.07) is 0. The monoisotopic (exact) mass is 201 g/mol. The molecule has 0 aliphatic carbocycles. The number of nitrogens with one attached hydrogen (secondary N) is 1. The zero-order valence-electron chi connectivity index (χ0n) is 10.1. The van der Waals surface area contributed by atoms with Crippen LogP contribution < -0.4 is 5.32 Å². The number of hydrogen-bond acceptors (Lipinski definition) is 2. The molecular weight excluding hydrogens is 174 g/mol. The van der Waals surface area contributed by atoms with E-state index in [1.807, 2.05) is 0 Å². The van der Waals surface area contributed by atoms with Crippen molar-refractivity contribution in [1.82, 2.24) is 5.32 Å². The molecule has 0 bridgehead atoms. The molecule has 0 aromatic carbocycles. The average molecular weight is 201 g/mol. The highest BCUT2D eigenvalue weighted by Crippen LogP contribution is 2.00. The van der Waals surface area contributed by atoms with Gasteiger partial charge in [0.15, 0.2) is 0 Å². The molecule has 14 heavy (non-hydrogen) atoms. The second kappa shape index (κ2) is 11.0. The molecule has 0 heterocycles. The molecular formula is C12H27NO. The summed E-state index contributed by atoms with van der Waals surface area (Å²) in [6.45, 7) is 10.7. The summed E-state index contributed by atoms with van der Waals surface area (Å²) in [5.41, 5.74) is 0. The lowest BCUT2D eigenvalue weighted by molar-refractivity contribution is 0.102. The smallest absolute Gasteiger partial charge is 0.0491 e. The highest BCUT2D eigenvalue weighted by atomic mass is 16.5. The molecule has 0 amide bonds. The molecule has 0 aliphatic heterocycles. The predicted molar refractivity (Wildman–Crippen MR) is 62.7 cm³/mol. The van der Waals surface area contributed by atoms with Gasteiger partial charge in [0.25, 0.3) is 0 Å². The summed E-state index contributed by atoms with van der Waals surface area (Å²) in [5, 5.41) is 3.41. The molecule has 1 unspecified atom stereocenters. The van der Waals surface area contributed by atoms with Crippen LogP contribution in [0.1, 0.15) is 46.5 Å². The van der Waals surface area contributed by atoms with Crippen molar-refractivity contribution in [2.45, 2.75) is 46.5 Å². The normalized spacial score (nSPS) is 13.1. The van der Waals surface area contributed by atoms with E-state index in [4.69, 9.17) is 4.74 Å². The van der Waals surface area contributed by atoms with Crippen LogP contribution in [0.4, 0.5) is 0 Å². The third-order valence-electron chi connectivity index (χ3n) is 2.45. The van der Waals surface area contributed by atoms with Crippen LogP contribution in [-0.2, 0) is 4.74 Å². The van der Waals surface area contributed by atoms with Crippen LogP contribution in [0.5, 0.6) is 0 Å². The lowest BCUT2D eigenvalue weighted by Gasteiger charge is -2.09. The van der Waals surface area contributed by atoms with Crippen molar-refractivity contribution in [3.05, 3.63) is 0 Å². The first kappa shape index (κ1) is 13.9. The van der Waals surface area contributed by atoms with Gasteiger partial charge in [-0.15, -0.1) is 0 Å². The third kappa shape index (κ3) is 10.0. The predicted octanol–water partition coefficient (Wildman–Crippen LogP) is 2.83. The Hall–Kier alpha value is -0.0800. The molecule has 0 fully saturated rings. The maximum absolute atomic E-state index is 5.55. The first-order chi connectivity index (χ1) is 6.81. The number of unbranched alkanes of at least 4 members (excludes halogenated alkanes) is 1. The van der Waals surface area contributed by atoms with Crippen LogP contribution in [0.15, 0.2) is 0 Å². The maximum Gasteiger partial charge on any atom is 0.0491 e. The van der Waals surface area contributed by atoms with Crippen LogP contribution in [0.3, 0.4) is 0 Å². The van der Waals surface area contributed by atoms with Crippen molar-refractivity contribution in [2.75, 3.05) is 26.3 Å². The molecule has 0 spiro atoms. The highest BCUT2D eigenvalue weighted by Gasteiger charge is 1.97. The summed E-state index contributed by atoms with van der Waals surface area (Å²) in [4.78, 5) is 0. The van der Waals surface area contributed by atoms with Gasteiger partial charge in [-0.25, -0.2) is 0 Å². The third-order valence-corrected chi connectivity index (χ3v) is 2.45. The Bertz CT molecular complexity index is 106. The summed E-state index contributed by atoms with van der Waals surface area (Å²) < 4.78 is 5.55. The molecule has 2 heteroatoms. The van der Waals surface area contributed by atoms with Crippen LogP contribution in [0.2, 0.25) is 0 Å². The van der Waals surface area contributed by atoms with E-state index in [2.05, 4.69) is 26.1 Å². The first-order valence-electron chi connectivity index (χ1n) is 6.09. The van der Waals surface area contributed by atoms with Gasteiger partial charge in [0.2, 0.25) is 0 Å². The van der Waals surface area contributed by atoms with Crippen molar-refractivity contribution in [1.29, 1.82) is 0 Å². The van der Waals surface area contributed by atoms with E-state index < -0.39 is 0 Å². The van der Waals surface area contributed by atoms with Crippen LogP contribution in [0, 0.1) is 5.92 Å². The number of ether oxygens (including phenoxy) is 1. The van der Waals surface area contributed by atoms with Crippen LogP contribution in [0.25, 0.3) is 0 Å². The second-order valence-electron chi connectivity index (χ2n) is 4.05. The molecule has 0 saturated carbocycles. The fourth-order valence-corrected chi connectivity index (χ4v) is 1.13. The summed E-state index contributed by atoms with van der Waals surface area (Å²) in [5.74, 6) is 0.711. The van der Waals surface area contributed by atoms with Gasteiger partial charge in [-0.2, -0.15) is 0 Å². The van der Waals surface area contributed by atoms with Crippen molar-refractivity contribution >= 4 is 0 Å². The lowest BCUT2D eigenvalue weighted by atomic mass is 10.1. The van der Waals surface area contributed by atoms with Crippen LogP contribution in [-0.4, -0.2) is 26.3 Å². The van der Waals surface area contributed by atoms with E-state index >= 15 is 0 Å². The van der Waals surface area contributed by atoms with Gasteiger partial charge in [0, 0.05) is 13.2 Å². The van der Waals surface area contributed by atoms with Crippen molar-refractivity contribution in [3.63, 3.8) is 0 Å². The molecule has 1 atom stereocenters. The largest absolute Gasteiger partial charge is 0.381 e. The number of rotatable bonds is 10. The molecule has 1 N–H and O–H groups in total. The minimum Gasteiger partial charge on any atom is -0.381 e.